The van der Waals surface area contributed by atoms with E-state index in [9.17, 15) is 0 Å². The Morgan fingerprint density at radius 2 is 2.38 bits per heavy atom. The topological polar surface area (TPSA) is 24.9 Å². The molecule has 0 bridgehead atoms. The highest BCUT2D eigenvalue weighted by atomic mass is 32.1. The summed E-state index contributed by atoms with van der Waals surface area (Å²) in [5.41, 5.74) is 1.89. The third-order valence-corrected chi connectivity index (χ3v) is 4.40. The first-order valence-electron chi connectivity index (χ1n) is 5.50. The second-order valence-electron chi connectivity index (χ2n) is 3.76. The van der Waals surface area contributed by atoms with E-state index in [1.54, 1.807) is 11.3 Å². The van der Waals surface area contributed by atoms with Crippen LogP contribution in [0.4, 0.5) is 0 Å². The van der Waals surface area contributed by atoms with Crippen molar-refractivity contribution in [1.29, 1.82) is 0 Å². The number of thiophene rings is 1. The molecule has 0 spiro atoms. The number of thiazole rings is 1. The Bertz CT molecular complexity index is 381. The predicted molar refractivity (Wildman–Crippen MR) is 71.2 cm³/mol. The molecule has 0 aromatic carbocycles. The third-order valence-electron chi connectivity index (χ3n) is 2.51. The molecule has 1 N–H and O–H groups in total. The van der Waals surface area contributed by atoms with Crippen molar-refractivity contribution in [2.75, 3.05) is 6.54 Å². The molecule has 0 saturated carbocycles. The van der Waals surface area contributed by atoms with Crippen molar-refractivity contribution in [2.45, 2.75) is 25.8 Å². The lowest BCUT2D eigenvalue weighted by Crippen LogP contribution is -2.19. The maximum atomic E-state index is 4.09. The van der Waals surface area contributed by atoms with Crippen LogP contribution in [-0.2, 0) is 6.42 Å². The van der Waals surface area contributed by atoms with Crippen LogP contribution in [0.2, 0.25) is 0 Å². The lowest BCUT2D eigenvalue weighted by molar-refractivity contribution is 0.565. The fraction of sp³-hybridized carbons (Fsp3) is 0.417. The van der Waals surface area contributed by atoms with Gasteiger partial charge in [0, 0.05) is 22.0 Å². The van der Waals surface area contributed by atoms with E-state index < -0.39 is 0 Å². The Balaban J connectivity index is 1.65. The second-order valence-corrected chi connectivity index (χ2v) is 5.71. The van der Waals surface area contributed by atoms with E-state index in [0.717, 1.165) is 6.54 Å². The Morgan fingerprint density at radius 1 is 1.44 bits per heavy atom. The smallest absolute Gasteiger partial charge is 0.0794 e. The van der Waals surface area contributed by atoms with E-state index in [4.69, 9.17) is 0 Å². The van der Waals surface area contributed by atoms with Crippen molar-refractivity contribution in [1.82, 2.24) is 10.3 Å². The molecule has 1 atom stereocenters. The fourth-order valence-electron chi connectivity index (χ4n) is 1.58. The minimum Gasteiger partial charge on any atom is -0.309 e. The zero-order chi connectivity index (χ0) is 11.2. The van der Waals surface area contributed by atoms with Crippen molar-refractivity contribution in [3.05, 3.63) is 39.0 Å². The second kappa shape index (κ2) is 6.13. The summed E-state index contributed by atoms with van der Waals surface area (Å²) in [5, 5.41) is 5.66. The number of aromatic nitrogens is 1. The van der Waals surface area contributed by atoms with Crippen LogP contribution in [0.15, 0.2) is 29.2 Å². The highest BCUT2D eigenvalue weighted by molar-refractivity contribution is 7.10. The number of aryl methyl sites for hydroxylation is 1. The van der Waals surface area contributed by atoms with Gasteiger partial charge in [-0.3, -0.25) is 4.98 Å². The van der Waals surface area contributed by atoms with Crippen molar-refractivity contribution in [2.24, 2.45) is 0 Å². The summed E-state index contributed by atoms with van der Waals surface area (Å²) in [5.74, 6) is 0. The largest absolute Gasteiger partial charge is 0.309 e. The van der Waals surface area contributed by atoms with Gasteiger partial charge in [0.25, 0.3) is 0 Å². The van der Waals surface area contributed by atoms with Gasteiger partial charge in [-0.05, 0) is 37.8 Å². The van der Waals surface area contributed by atoms with E-state index in [1.165, 1.54) is 22.6 Å². The minimum atomic E-state index is 0.427. The van der Waals surface area contributed by atoms with Crippen LogP contribution in [0.5, 0.6) is 0 Å². The molecule has 4 heteroatoms. The lowest BCUT2D eigenvalue weighted by Gasteiger charge is -2.10. The van der Waals surface area contributed by atoms with Gasteiger partial charge in [0.1, 0.15) is 0 Å². The maximum Gasteiger partial charge on any atom is 0.0794 e. The zero-order valence-corrected chi connectivity index (χ0v) is 11.0. The van der Waals surface area contributed by atoms with E-state index in [2.05, 4.69) is 34.7 Å². The number of nitrogens with zero attached hydrogens (tertiary/aromatic N) is 1. The molecular formula is C12H16N2S2. The van der Waals surface area contributed by atoms with Gasteiger partial charge in [-0.2, -0.15) is 0 Å². The molecule has 0 amide bonds. The molecule has 2 heterocycles. The molecule has 2 rings (SSSR count). The highest BCUT2D eigenvalue weighted by Crippen LogP contribution is 2.16. The summed E-state index contributed by atoms with van der Waals surface area (Å²) in [6.07, 6.45) is 4.32. The molecule has 16 heavy (non-hydrogen) atoms. The van der Waals surface area contributed by atoms with Gasteiger partial charge in [0.2, 0.25) is 0 Å². The predicted octanol–water partition coefficient (Wildman–Crippen LogP) is 3.49. The third kappa shape index (κ3) is 3.40. The first kappa shape index (κ1) is 11.8. The number of hydrogen-bond donors (Lipinski definition) is 1. The van der Waals surface area contributed by atoms with Crippen LogP contribution < -0.4 is 5.32 Å². The van der Waals surface area contributed by atoms with Crippen LogP contribution in [0, 0.1) is 0 Å². The molecule has 2 aromatic rings. The van der Waals surface area contributed by atoms with Crippen molar-refractivity contribution >= 4 is 22.7 Å². The summed E-state index contributed by atoms with van der Waals surface area (Å²) in [7, 11) is 0. The molecule has 0 aliphatic carbocycles. The van der Waals surface area contributed by atoms with E-state index in [1.807, 2.05) is 23.0 Å². The average Bonchev–Trinajstić information content (AvgIpc) is 2.96. The molecule has 2 nitrogen and oxygen atoms in total. The Kier molecular flexibility index (Phi) is 4.51. The maximum absolute atomic E-state index is 4.09. The quantitative estimate of drug-likeness (QED) is 0.796. The van der Waals surface area contributed by atoms with Gasteiger partial charge in [0.05, 0.1) is 5.51 Å². The summed E-state index contributed by atoms with van der Waals surface area (Å²) in [4.78, 5) is 6.89. The first-order valence-corrected chi connectivity index (χ1v) is 7.26. The van der Waals surface area contributed by atoms with Gasteiger partial charge in [-0.1, -0.05) is 6.07 Å². The van der Waals surface area contributed by atoms with Crippen molar-refractivity contribution < 1.29 is 0 Å². The van der Waals surface area contributed by atoms with Crippen LogP contribution in [-0.4, -0.2) is 11.5 Å². The fourth-order valence-corrected chi connectivity index (χ4v) is 2.98. The molecule has 0 saturated heterocycles. The number of nitrogens with one attached hydrogen (secondary N) is 1. The molecule has 0 aliphatic rings. The summed E-state index contributed by atoms with van der Waals surface area (Å²) in [6, 6.07) is 4.75. The Hall–Kier alpha value is -0.710. The van der Waals surface area contributed by atoms with Gasteiger partial charge >= 0.3 is 0 Å². The molecule has 0 aliphatic heterocycles. The normalized spacial score (nSPS) is 12.8. The summed E-state index contributed by atoms with van der Waals surface area (Å²) < 4.78 is 0. The van der Waals surface area contributed by atoms with Crippen molar-refractivity contribution in [3.63, 3.8) is 0 Å². The summed E-state index contributed by atoms with van der Waals surface area (Å²) >= 11 is 3.56. The summed E-state index contributed by atoms with van der Waals surface area (Å²) in [6.45, 7) is 3.26. The Morgan fingerprint density at radius 3 is 3.06 bits per heavy atom. The van der Waals surface area contributed by atoms with E-state index in [0.29, 0.717) is 6.04 Å². The van der Waals surface area contributed by atoms with Crippen LogP contribution >= 0.6 is 22.7 Å². The molecule has 0 radical (unpaired) electrons. The van der Waals surface area contributed by atoms with Gasteiger partial charge in [-0.15, -0.1) is 22.7 Å². The van der Waals surface area contributed by atoms with Crippen LogP contribution in [0.25, 0.3) is 0 Å². The molecule has 0 fully saturated rings. The lowest BCUT2D eigenvalue weighted by atomic mass is 10.2. The van der Waals surface area contributed by atoms with E-state index in [-0.39, 0.29) is 0 Å². The standard InChI is InChI=1S/C12H16N2S2/c1-10(12-8-13-9-16-12)14-6-2-4-11-5-3-7-15-11/h3,5,7-10,14H,2,4,6H2,1H3. The average molecular weight is 252 g/mol. The monoisotopic (exact) mass is 252 g/mol. The SMILES string of the molecule is CC(NCCCc1cccs1)c1cncs1. The molecule has 2 aromatic heterocycles. The molecule has 86 valence electrons. The number of rotatable bonds is 6. The van der Waals surface area contributed by atoms with Crippen LogP contribution in [0.3, 0.4) is 0 Å². The Labute approximate surface area is 104 Å². The van der Waals surface area contributed by atoms with Crippen molar-refractivity contribution in [3.8, 4) is 0 Å². The van der Waals surface area contributed by atoms with Gasteiger partial charge in [0.15, 0.2) is 0 Å². The zero-order valence-electron chi connectivity index (χ0n) is 9.35. The highest BCUT2D eigenvalue weighted by Gasteiger charge is 2.05. The molecular weight excluding hydrogens is 236 g/mol. The first-order chi connectivity index (χ1) is 7.86. The van der Waals surface area contributed by atoms with Crippen LogP contribution in [0.1, 0.15) is 29.1 Å². The number of hydrogen-bond acceptors (Lipinski definition) is 4. The molecule has 1 unspecified atom stereocenters. The van der Waals surface area contributed by atoms with E-state index >= 15 is 0 Å². The minimum absolute atomic E-state index is 0.427. The van der Waals surface area contributed by atoms with Gasteiger partial charge in [-0.25, -0.2) is 0 Å². The van der Waals surface area contributed by atoms with Gasteiger partial charge < -0.3 is 5.32 Å².